The molecule has 0 bridgehead atoms. The van der Waals surface area contributed by atoms with E-state index in [0.29, 0.717) is 0 Å². The summed E-state index contributed by atoms with van der Waals surface area (Å²) in [6, 6.07) is 58.6. The lowest BCUT2D eigenvalue weighted by Gasteiger charge is -2.50. The first-order chi connectivity index (χ1) is 29.6. The Morgan fingerprint density at radius 3 is 1.08 bits per heavy atom. The molecule has 6 aliphatic carbocycles. The van der Waals surface area contributed by atoms with E-state index in [1.807, 2.05) is 0 Å². The van der Waals surface area contributed by atoms with E-state index >= 15 is 0 Å². The maximum Gasteiger partial charge on any atom is 0.0749 e. The zero-order chi connectivity index (χ0) is 40.1. The van der Waals surface area contributed by atoms with E-state index in [1.54, 1.807) is 0 Å². The molecule has 286 valence electrons. The molecule has 0 nitrogen and oxygen atoms in total. The van der Waals surface area contributed by atoms with Gasteiger partial charge < -0.3 is 0 Å². The van der Waals surface area contributed by atoms with Crippen molar-refractivity contribution in [2.75, 3.05) is 0 Å². The molecule has 0 aromatic heterocycles. The van der Waals surface area contributed by atoms with E-state index in [1.165, 1.54) is 111 Å². The molecule has 0 N–H and O–H groups in total. The smallest absolute Gasteiger partial charge is 0.0749 e. The highest BCUT2D eigenvalue weighted by Crippen LogP contribution is 2.79. The van der Waals surface area contributed by atoms with Crippen molar-refractivity contribution in [1.29, 1.82) is 0 Å². The highest BCUT2D eigenvalue weighted by molar-refractivity contribution is 6.55. The van der Waals surface area contributed by atoms with Crippen LogP contribution in [0.2, 0.25) is 0 Å². The summed E-state index contributed by atoms with van der Waals surface area (Å²) in [6.45, 7) is 4.71. The molecule has 60 heavy (non-hydrogen) atoms. The fraction of sp³-hybridized carbons (Fsp3) is 0.138. The van der Waals surface area contributed by atoms with Gasteiger partial charge in [0, 0.05) is 11.1 Å². The maximum atomic E-state index is 7.83. The Morgan fingerprint density at radius 1 is 0.367 bits per heavy atom. The van der Waals surface area contributed by atoms with Gasteiger partial charge in [0.1, 0.15) is 0 Å². The van der Waals surface area contributed by atoms with Crippen molar-refractivity contribution < 1.29 is 0 Å². The van der Waals surface area contributed by atoms with Crippen molar-refractivity contribution in [2.45, 2.75) is 50.4 Å². The van der Waals surface area contributed by atoms with E-state index in [4.69, 9.17) is 23.2 Å². The lowest BCUT2D eigenvalue weighted by atomic mass is 9.51. The summed E-state index contributed by atoms with van der Waals surface area (Å²) < 4.78 is 0. The van der Waals surface area contributed by atoms with Gasteiger partial charge in [0.15, 0.2) is 0 Å². The summed E-state index contributed by atoms with van der Waals surface area (Å²) in [5.41, 5.74) is 28.0. The van der Waals surface area contributed by atoms with Crippen LogP contribution in [-0.2, 0) is 23.7 Å². The third kappa shape index (κ3) is 3.84. The van der Waals surface area contributed by atoms with Gasteiger partial charge in [-0.1, -0.05) is 208 Å². The van der Waals surface area contributed by atoms with Crippen molar-refractivity contribution in [3.05, 3.63) is 236 Å². The van der Waals surface area contributed by atoms with Gasteiger partial charge in [0.2, 0.25) is 0 Å². The van der Waals surface area contributed by atoms with E-state index < -0.39 is 10.8 Å². The summed E-state index contributed by atoms with van der Waals surface area (Å²) in [7, 11) is 0. The predicted octanol–water partition coefficient (Wildman–Crippen LogP) is 15.3. The standard InChI is InChI=1S/C58H40Cl2/c1-3-19-37-38(20-4-2)52-46(42-30-16-18-32-44(42)58(52)50(34-23-9-6-10-24-34)48-36-26-12-14-28-40(36)56(60)54(48)58)45-41-29-15-17-31-43(41)57(51(37)45)49(33-21-7-5-8-22-33)47-35-25-11-13-27-39(35)55(59)53(47)57/h5-18,21-32H,3-4,19-20H2,1-2H3. The number of benzene rings is 7. The molecule has 2 spiro atoms. The van der Waals surface area contributed by atoms with Gasteiger partial charge in [-0.3, -0.25) is 0 Å². The monoisotopic (exact) mass is 806 g/mol. The van der Waals surface area contributed by atoms with Crippen LogP contribution in [0.5, 0.6) is 0 Å². The second kappa shape index (κ2) is 12.3. The Morgan fingerprint density at radius 2 is 0.700 bits per heavy atom. The predicted molar refractivity (Wildman–Crippen MR) is 252 cm³/mol. The zero-order valence-corrected chi connectivity index (χ0v) is 35.1. The number of fused-ring (bicyclic) bond motifs is 19. The van der Waals surface area contributed by atoms with Crippen LogP contribution in [0.3, 0.4) is 0 Å². The first-order valence-electron chi connectivity index (χ1n) is 21.6. The zero-order valence-electron chi connectivity index (χ0n) is 33.6. The average Bonchev–Trinajstić information content (AvgIpc) is 3.93. The third-order valence-electron chi connectivity index (χ3n) is 14.6. The van der Waals surface area contributed by atoms with Crippen LogP contribution in [-0.4, -0.2) is 0 Å². The molecular formula is C58H40Cl2. The van der Waals surface area contributed by atoms with Crippen molar-refractivity contribution >= 4 is 55.6 Å². The van der Waals surface area contributed by atoms with Crippen LogP contribution >= 0.6 is 23.2 Å². The van der Waals surface area contributed by atoms with Gasteiger partial charge in [0.05, 0.1) is 20.9 Å². The number of hydrogen-bond acceptors (Lipinski definition) is 0. The molecule has 0 saturated carbocycles. The molecule has 0 saturated heterocycles. The fourth-order valence-corrected chi connectivity index (χ4v) is 13.6. The van der Waals surface area contributed by atoms with E-state index in [2.05, 4.69) is 172 Å². The molecule has 0 fully saturated rings. The molecule has 2 unspecified atom stereocenters. The Labute approximate surface area is 361 Å². The normalized spacial score (nSPS) is 20.5. The molecule has 0 amide bonds. The fourth-order valence-electron chi connectivity index (χ4n) is 12.8. The average molecular weight is 808 g/mol. The van der Waals surface area contributed by atoms with Crippen LogP contribution in [0, 0.1) is 0 Å². The molecule has 0 radical (unpaired) electrons. The van der Waals surface area contributed by atoms with Gasteiger partial charge in [-0.25, -0.2) is 0 Å². The maximum absolute atomic E-state index is 7.83. The van der Waals surface area contributed by atoms with Gasteiger partial charge in [0.25, 0.3) is 0 Å². The highest BCUT2D eigenvalue weighted by Gasteiger charge is 2.66. The minimum absolute atomic E-state index is 0.547. The van der Waals surface area contributed by atoms with Gasteiger partial charge >= 0.3 is 0 Å². The van der Waals surface area contributed by atoms with Crippen molar-refractivity contribution in [1.82, 2.24) is 0 Å². The van der Waals surface area contributed by atoms with Crippen LogP contribution < -0.4 is 0 Å². The summed E-state index contributed by atoms with van der Waals surface area (Å²) in [5, 5.41) is 1.77. The Bertz CT molecular complexity index is 3010. The molecule has 6 aliphatic rings. The van der Waals surface area contributed by atoms with Crippen LogP contribution in [0.1, 0.15) is 93.5 Å². The molecule has 0 heterocycles. The van der Waals surface area contributed by atoms with Crippen LogP contribution in [0.25, 0.3) is 54.6 Å². The molecule has 2 atom stereocenters. The summed E-state index contributed by atoms with van der Waals surface area (Å²) >= 11 is 15.7. The largest absolute Gasteiger partial charge is 0.0833 e. The lowest BCUT2D eigenvalue weighted by molar-refractivity contribution is 0.740. The van der Waals surface area contributed by atoms with Crippen molar-refractivity contribution in [2.24, 2.45) is 0 Å². The number of allylic oxidation sites excluding steroid dienone is 6. The van der Waals surface area contributed by atoms with Crippen molar-refractivity contribution in [3.8, 4) is 22.3 Å². The molecule has 7 aromatic carbocycles. The molecule has 2 heteroatoms. The Balaban J connectivity index is 1.25. The lowest BCUT2D eigenvalue weighted by Crippen LogP contribution is -2.41. The molecule has 7 aromatic rings. The van der Waals surface area contributed by atoms with E-state index in [9.17, 15) is 0 Å². The molecule has 13 rings (SSSR count). The highest BCUT2D eigenvalue weighted by atomic mass is 35.5. The van der Waals surface area contributed by atoms with Crippen LogP contribution in [0.15, 0.2) is 169 Å². The Kier molecular flexibility index (Phi) is 7.17. The summed E-state index contributed by atoms with van der Waals surface area (Å²) in [5.74, 6) is 0. The van der Waals surface area contributed by atoms with Crippen molar-refractivity contribution in [3.63, 3.8) is 0 Å². The number of hydrogen-bond donors (Lipinski definition) is 0. The molecular weight excluding hydrogens is 768 g/mol. The molecule has 0 aliphatic heterocycles. The first kappa shape index (κ1) is 34.9. The summed E-state index contributed by atoms with van der Waals surface area (Å²) in [6.07, 6.45) is 3.99. The minimum atomic E-state index is -0.547. The topological polar surface area (TPSA) is 0 Å². The van der Waals surface area contributed by atoms with Gasteiger partial charge in [-0.05, 0) is 124 Å². The van der Waals surface area contributed by atoms with E-state index in [0.717, 1.165) is 46.9 Å². The second-order valence-electron chi connectivity index (χ2n) is 17.2. The number of halogens is 2. The van der Waals surface area contributed by atoms with Gasteiger partial charge in [-0.2, -0.15) is 0 Å². The quantitative estimate of drug-likeness (QED) is 0.157. The van der Waals surface area contributed by atoms with E-state index in [-0.39, 0.29) is 0 Å². The minimum Gasteiger partial charge on any atom is -0.0833 e. The first-order valence-corrected chi connectivity index (χ1v) is 22.4. The summed E-state index contributed by atoms with van der Waals surface area (Å²) in [4.78, 5) is 0. The number of rotatable bonds is 6. The van der Waals surface area contributed by atoms with Gasteiger partial charge in [-0.15, -0.1) is 0 Å². The third-order valence-corrected chi connectivity index (χ3v) is 15.4. The van der Waals surface area contributed by atoms with Crippen LogP contribution in [0.4, 0.5) is 0 Å². The SMILES string of the molecule is CCCc1c(CCC)c2c(c3c1C1(C4=C(Cl)c5ccccc5C4=C1c1ccccc1)c1ccccc1-3)-c1ccccc1C21C2=C(Cl)c3ccccc3C2=C1c1ccccc1. The second-order valence-corrected chi connectivity index (χ2v) is 18.0. The Hall–Kier alpha value is -5.92.